The van der Waals surface area contributed by atoms with E-state index in [-0.39, 0.29) is 0 Å². The summed E-state index contributed by atoms with van der Waals surface area (Å²) >= 11 is 0. The van der Waals surface area contributed by atoms with E-state index in [0.29, 0.717) is 5.92 Å². The van der Waals surface area contributed by atoms with Crippen molar-refractivity contribution in [1.82, 2.24) is 9.55 Å². The molecule has 17 heavy (non-hydrogen) atoms. The Morgan fingerprint density at radius 1 is 1.41 bits per heavy atom. The lowest BCUT2D eigenvalue weighted by atomic mass is 10.1. The number of nitrogens with zero attached hydrogens (tertiary/aromatic N) is 2. The number of anilines is 1. The van der Waals surface area contributed by atoms with Gasteiger partial charge in [-0.3, -0.25) is 0 Å². The van der Waals surface area contributed by atoms with Crippen LogP contribution in [0.15, 0.2) is 6.20 Å². The maximum atomic E-state index is 4.57. The molecule has 1 aromatic rings. The second-order valence-electron chi connectivity index (χ2n) is 5.95. The average molecular weight is 235 g/mol. The van der Waals surface area contributed by atoms with Crippen molar-refractivity contribution in [3.05, 3.63) is 11.9 Å². The van der Waals surface area contributed by atoms with E-state index in [2.05, 4.69) is 48.8 Å². The smallest absolute Gasteiger partial charge is 0.203 e. The minimum atomic E-state index is 0.654. The summed E-state index contributed by atoms with van der Waals surface area (Å²) in [6.45, 7) is 11.0. The highest BCUT2D eigenvalue weighted by molar-refractivity contribution is 5.28. The molecule has 1 N–H and O–H groups in total. The van der Waals surface area contributed by atoms with Crippen molar-refractivity contribution < 1.29 is 0 Å². The summed E-state index contributed by atoms with van der Waals surface area (Å²) in [6, 6.07) is 0. The van der Waals surface area contributed by atoms with Crippen LogP contribution in [0.1, 0.15) is 39.3 Å². The van der Waals surface area contributed by atoms with Crippen LogP contribution in [0.4, 0.5) is 5.95 Å². The lowest BCUT2D eigenvalue weighted by molar-refractivity contribution is 0.432. The van der Waals surface area contributed by atoms with E-state index in [0.717, 1.165) is 36.6 Å². The number of rotatable bonds is 6. The Bertz CT molecular complexity index is 364. The predicted molar refractivity (Wildman–Crippen MR) is 72.2 cm³/mol. The van der Waals surface area contributed by atoms with Gasteiger partial charge >= 0.3 is 0 Å². The number of hydrogen-bond donors (Lipinski definition) is 1. The van der Waals surface area contributed by atoms with Crippen molar-refractivity contribution >= 4 is 5.95 Å². The number of aryl methyl sites for hydroxylation is 1. The zero-order chi connectivity index (χ0) is 12.4. The molecule has 0 saturated heterocycles. The van der Waals surface area contributed by atoms with Crippen LogP contribution < -0.4 is 5.32 Å². The first-order valence-electron chi connectivity index (χ1n) is 6.84. The van der Waals surface area contributed by atoms with Crippen molar-refractivity contribution in [1.29, 1.82) is 0 Å². The molecule has 1 atom stereocenters. The van der Waals surface area contributed by atoms with Crippen LogP contribution in [0, 0.1) is 24.7 Å². The van der Waals surface area contributed by atoms with Crippen LogP contribution in [0.3, 0.4) is 0 Å². The summed E-state index contributed by atoms with van der Waals surface area (Å²) in [5.41, 5.74) is 1.11. The molecule has 0 aliphatic heterocycles. The van der Waals surface area contributed by atoms with E-state index in [1.165, 1.54) is 12.8 Å². The van der Waals surface area contributed by atoms with E-state index in [1.54, 1.807) is 0 Å². The standard InChI is InChI=1S/C14H25N3/c1-10(2)7-15-14-16-12(4)9-17(14)8-11(3)13-5-6-13/h9-11,13H,5-8H2,1-4H3,(H,15,16). The fourth-order valence-electron chi connectivity index (χ4n) is 2.25. The normalized spacial score (nSPS) is 17.5. The van der Waals surface area contributed by atoms with Crippen LogP contribution in [0.5, 0.6) is 0 Å². The monoisotopic (exact) mass is 235 g/mol. The van der Waals surface area contributed by atoms with Crippen LogP contribution in [0.2, 0.25) is 0 Å². The number of nitrogens with one attached hydrogen (secondary N) is 1. The third-order valence-electron chi connectivity index (χ3n) is 3.48. The molecule has 96 valence electrons. The highest BCUT2D eigenvalue weighted by Gasteiger charge is 2.28. The van der Waals surface area contributed by atoms with Gasteiger partial charge in [0.2, 0.25) is 5.95 Å². The molecule has 0 spiro atoms. The Morgan fingerprint density at radius 2 is 2.12 bits per heavy atom. The van der Waals surface area contributed by atoms with Gasteiger partial charge in [-0.25, -0.2) is 4.98 Å². The zero-order valence-electron chi connectivity index (χ0n) is 11.5. The third-order valence-corrected chi connectivity index (χ3v) is 3.48. The summed E-state index contributed by atoms with van der Waals surface area (Å²) in [7, 11) is 0. The van der Waals surface area contributed by atoms with Crippen molar-refractivity contribution in [3.8, 4) is 0 Å². The van der Waals surface area contributed by atoms with Gasteiger partial charge in [-0.2, -0.15) is 0 Å². The van der Waals surface area contributed by atoms with Crippen LogP contribution >= 0.6 is 0 Å². The van der Waals surface area contributed by atoms with Gasteiger partial charge in [0.1, 0.15) is 0 Å². The van der Waals surface area contributed by atoms with Gasteiger partial charge in [0.15, 0.2) is 0 Å². The molecule has 1 aromatic heterocycles. The number of imidazole rings is 1. The molecule has 2 rings (SSSR count). The molecule has 0 bridgehead atoms. The maximum absolute atomic E-state index is 4.57. The minimum Gasteiger partial charge on any atom is -0.355 e. The lowest BCUT2D eigenvalue weighted by Gasteiger charge is -2.15. The zero-order valence-corrected chi connectivity index (χ0v) is 11.5. The highest BCUT2D eigenvalue weighted by Crippen LogP contribution is 2.37. The van der Waals surface area contributed by atoms with Gasteiger partial charge in [-0.05, 0) is 37.5 Å². The molecule has 1 unspecified atom stereocenters. The van der Waals surface area contributed by atoms with E-state index in [1.807, 2.05) is 0 Å². The van der Waals surface area contributed by atoms with Gasteiger partial charge in [0.05, 0.1) is 5.69 Å². The molecule has 1 aliphatic carbocycles. The van der Waals surface area contributed by atoms with Crippen LogP contribution in [0.25, 0.3) is 0 Å². The maximum Gasteiger partial charge on any atom is 0.203 e. The largest absolute Gasteiger partial charge is 0.355 e. The Kier molecular flexibility index (Phi) is 3.75. The number of hydrogen-bond acceptors (Lipinski definition) is 2. The fourth-order valence-corrected chi connectivity index (χ4v) is 2.25. The van der Waals surface area contributed by atoms with Gasteiger partial charge in [-0.1, -0.05) is 20.8 Å². The van der Waals surface area contributed by atoms with E-state index >= 15 is 0 Å². The summed E-state index contributed by atoms with van der Waals surface area (Å²) in [5, 5.41) is 3.45. The van der Waals surface area contributed by atoms with Crippen molar-refractivity contribution in [2.45, 2.75) is 47.1 Å². The Labute approximate surface area is 105 Å². The molecule has 0 aromatic carbocycles. The van der Waals surface area contributed by atoms with Crippen LogP contribution in [-0.4, -0.2) is 16.1 Å². The molecular formula is C14H25N3. The average Bonchev–Trinajstić information content (AvgIpc) is 3.02. The molecule has 1 saturated carbocycles. The second-order valence-corrected chi connectivity index (χ2v) is 5.95. The third kappa shape index (κ3) is 3.48. The molecule has 3 heteroatoms. The fraction of sp³-hybridized carbons (Fsp3) is 0.786. The van der Waals surface area contributed by atoms with E-state index in [9.17, 15) is 0 Å². The van der Waals surface area contributed by atoms with Gasteiger partial charge < -0.3 is 9.88 Å². The van der Waals surface area contributed by atoms with Crippen molar-refractivity contribution in [2.24, 2.45) is 17.8 Å². The molecule has 1 heterocycles. The molecular weight excluding hydrogens is 210 g/mol. The highest BCUT2D eigenvalue weighted by atomic mass is 15.2. The van der Waals surface area contributed by atoms with Gasteiger partial charge in [0, 0.05) is 19.3 Å². The molecule has 0 amide bonds. The summed E-state index contributed by atoms with van der Waals surface area (Å²) < 4.78 is 2.29. The van der Waals surface area contributed by atoms with E-state index < -0.39 is 0 Å². The van der Waals surface area contributed by atoms with Crippen LogP contribution in [-0.2, 0) is 6.54 Å². The summed E-state index contributed by atoms with van der Waals surface area (Å²) in [6.07, 6.45) is 5.01. The minimum absolute atomic E-state index is 0.654. The first-order chi connectivity index (χ1) is 8.06. The Hall–Kier alpha value is -0.990. The Balaban J connectivity index is 1.98. The predicted octanol–water partition coefficient (Wildman–Crippen LogP) is 3.31. The first kappa shape index (κ1) is 12.5. The molecule has 0 radical (unpaired) electrons. The summed E-state index contributed by atoms with van der Waals surface area (Å²) in [4.78, 5) is 4.57. The van der Waals surface area contributed by atoms with Gasteiger partial charge in [-0.15, -0.1) is 0 Å². The molecule has 3 nitrogen and oxygen atoms in total. The van der Waals surface area contributed by atoms with Gasteiger partial charge in [0.25, 0.3) is 0 Å². The molecule has 1 aliphatic rings. The summed E-state index contributed by atoms with van der Waals surface area (Å²) in [5.74, 6) is 3.43. The lowest BCUT2D eigenvalue weighted by Crippen LogP contribution is -2.15. The second kappa shape index (κ2) is 5.11. The quantitative estimate of drug-likeness (QED) is 0.820. The SMILES string of the molecule is Cc1cn(CC(C)C2CC2)c(NCC(C)C)n1. The molecule has 1 fully saturated rings. The Morgan fingerprint density at radius 3 is 2.71 bits per heavy atom. The van der Waals surface area contributed by atoms with E-state index in [4.69, 9.17) is 0 Å². The van der Waals surface area contributed by atoms with Crippen molar-refractivity contribution in [3.63, 3.8) is 0 Å². The number of aromatic nitrogens is 2. The van der Waals surface area contributed by atoms with Crippen molar-refractivity contribution in [2.75, 3.05) is 11.9 Å². The topological polar surface area (TPSA) is 29.9 Å². The first-order valence-corrected chi connectivity index (χ1v) is 6.84.